The standard InChI is InChI=1S/C17H18BrNO5S/c1-2-24-17(21)15(16(20)12-6-4-3-5-7-12)19-25(22,23)14-10-8-13(18)9-11-14/h3-11,15-16,19-20H,2H2,1H3/t15-,16+/m1/s1. The number of aliphatic hydroxyl groups excluding tert-OH is 1. The van der Waals surface area contributed by atoms with Crippen molar-refractivity contribution in [3.63, 3.8) is 0 Å². The van der Waals surface area contributed by atoms with Crippen molar-refractivity contribution in [2.75, 3.05) is 6.61 Å². The summed E-state index contributed by atoms with van der Waals surface area (Å²) < 4.78 is 33.0. The van der Waals surface area contributed by atoms with Gasteiger partial charge in [0.2, 0.25) is 10.0 Å². The highest BCUT2D eigenvalue weighted by molar-refractivity contribution is 9.10. The van der Waals surface area contributed by atoms with Crippen molar-refractivity contribution in [1.82, 2.24) is 4.72 Å². The van der Waals surface area contributed by atoms with Gasteiger partial charge in [-0.1, -0.05) is 46.3 Å². The molecule has 0 aromatic heterocycles. The summed E-state index contributed by atoms with van der Waals surface area (Å²) >= 11 is 3.23. The van der Waals surface area contributed by atoms with Crippen LogP contribution in [-0.2, 0) is 19.6 Å². The topological polar surface area (TPSA) is 92.7 Å². The molecule has 2 atom stereocenters. The van der Waals surface area contributed by atoms with Gasteiger partial charge in [0.15, 0.2) is 0 Å². The second-order valence-corrected chi connectivity index (χ2v) is 7.79. The third-order valence-corrected chi connectivity index (χ3v) is 5.39. The van der Waals surface area contributed by atoms with E-state index in [4.69, 9.17) is 4.74 Å². The number of nitrogens with one attached hydrogen (secondary N) is 1. The number of rotatable bonds is 7. The fourth-order valence-electron chi connectivity index (χ4n) is 2.17. The molecule has 0 aliphatic heterocycles. The average molecular weight is 428 g/mol. The van der Waals surface area contributed by atoms with Crippen molar-refractivity contribution in [3.8, 4) is 0 Å². The number of esters is 1. The van der Waals surface area contributed by atoms with Crippen LogP contribution in [0.3, 0.4) is 0 Å². The molecule has 0 fully saturated rings. The largest absolute Gasteiger partial charge is 0.465 e. The smallest absolute Gasteiger partial charge is 0.327 e. The molecule has 25 heavy (non-hydrogen) atoms. The minimum absolute atomic E-state index is 0.0229. The van der Waals surface area contributed by atoms with Crippen molar-refractivity contribution in [1.29, 1.82) is 0 Å². The van der Waals surface area contributed by atoms with Gasteiger partial charge in [-0.05, 0) is 36.8 Å². The van der Waals surface area contributed by atoms with Crippen LogP contribution >= 0.6 is 15.9 Å². The summed E-state index contributed by atoms with van der Waals surface area (Å²) in [6.45, 7) is 1.67. The van der Waals surface area contributed by atoms with Gasteiger partial charge in [-0.25, -0.2) is 8.42 Å². The second kappa shape index (κ2) is 8.57. The predicted octanol–water partition coefficient (Wildman–Crippen LogP) is 2.39. The predicted molar refractivity (Wildman–Crippen MR) is 96.3 cm³/mol. The van der Waals surface area contributed by atoms with Crippen LogP contribution in [0.5, 0.6) is 0 Å². The Morgan fingerprint density at radius 1 is 1.16 bits per heavy atom. The maximum Gasteiger partial charge on any atom is 0.327 e. The zero-order valence-electron chi connectivity index (χ0n) is 13.4. The maximum absolute atomic E-state index is 12.6. The first kappa shape index (κ1) is 19.6. The molecule has 0 bridgehead atoms. The third-order valence-electron chi connectivity index (χ3n) is 3.40. The summed E-state index contributed by atoms with van der Waals surface area (Å²) in [6, 6.07) is 12.8. The first-order chi connectivity index (χ1) is 11.8. The van der Waals surface area contributed by atoms with E-state index >= 15 is 0 Å². The highest BCUT2D eigenvalue weighted by atomic mass is 79.9. The number of halogens is 1. The molecule has 2 aromatic rings. The van der Waals surface area contributed by atoms with Crippen LogP contribution in [0.15, 0.2) is 64.0 Å². The quantitative estimate of drug-likeness (QED) is 0.661. The zero-order valence-corrected chi connectivity index (χ0v) is 15.8. The monoisotopic (exact) mass is 427 g/mol. The van der Waals surface area contributed by atoms with Crippen LogP contribution < -0.4 is 4.72 Å². The fourth-order valence-corrected chi connectivity index (χ4v) is 3.62. The maximum atomic E-state index is 12.6. The molecule has 2 N–H and O–H groups in total. The van der Waals surface area contributed by atoms with Crippen molar-refractivity contribution in [2.24, 2.45) is 0 Å². The number of aliphatic hydroxyl groups is 1. The lowest BCUT2D eigenvalue weighted by Gasteiger charge is -2.22. The SMILES string of the molecule is CCOC(=O)[C@H](NS(=O)(=O)c1ccc(Br)cc1)[C@@H](O)c1ccccc1. The van der Waals surface area contributed by atoms with E-state index in [1.807, 2.05) is 0 Å². The molecule has 134 valence electrons. The fraction of sp³-hybridized carbons (Fsp3) is 0.235. The molecule has 0 spiro atoms. The number of benzene rings is 2. The van der Waals surface area contributed by atoms with Gasteiger partial charge in [0.05, 0.1) is 11.5 Å². The number of carbonyl (C=O) groups is 1. The van der Waals surface area contributed by atoms with E-state index in [0.29, 0.717) is 5.56 Å². The van der Waals surface area contributed by atoms with Gasteiger partial charge in [0, 0.05) is 4.47 Å². The number of sulfonamides is 1. The molecule has 0 aliphatic rings. The minimum Gasteiger partial charge on any atom is -0.465 e. The second-order valence-electron chi connectivity index (χ2n) is 5.16. The first-order valence-electron chi connectivity index (χ1n) is 7.52. The van der Waals surface area contributed by atoms with Crippen LogP contribution in [0.2, 0.25) is 0 Å². The van der Waals surface area contributed by atoms with Crippen LogP contribution in [0, 0.1) is 0 Å². The van der Waals surface area contributed by atoms with Crippen LogP contribution in [0.25, 0.3) is 0 Å². The van der Waals surface area contributed by atoms with Crippen molar-refractivity contribution < 1.29 is 23.1 Å². The van der Waals surface area contributed by atoms with E-state index in [1.54, 1.807) is 49.4 Å². The summed E-state index contributed by atoms with van der Waals surface area (Å²) in [5.74, 6) is -0.848. The number of ether oxygens (including phenoxy) is 1. The Balaban J connectivity index is 2.32. The molecule has 0 radical (unpaired) electrons. The zero-order chi connectivity index (χ0) is 18.4. The Morgan fingerprint density at radius 2 is 1.76 bits per heavy atom. The van der Waals surface area contributed by atoms with E-state index in [9.17, 15) is 18.3 Å². The molecule has 0 heterocycles. The third kappa shape index (κ3) is 5.12. The van der Waals surface area contributed by atoms with Gasteiger partial charge in [0.1, 0.15) is 12.1 Å². The number of hydrogen-bond donors (Lipinski definition) is 2. The lowest BCUT2D eigenvalue weighted by molar-refractivity contribution is -0.148. The summed E-state index contributed by atoms with van der Waals surface area (Å²) in [5.41, 5.74) is 0.402. The van der Waals surface area contributed by atoms with Gasteiger partial charge in [-0.2, -0.15) is 4.72 Å². The first-order valence-corrected chi connectivity index (χ1v) is 9.80. The Labute approximate surface area is 155 Å². The van der Waals surface area contributed by atoms with Crippen LogP contribution in [0.1, 0.15) is 18.6 Å². The number of carbonyl (C=O) groups excluding carboxylic acids is 1. The van der Waals surface area contributed by atoms with Crippen molar-refractivity contribution in [3.05, 3.63) is 64.6 Å². The molecular formula is C17H18BrNO5S. The van der Waals surface area contributed by atoms with E-state index in [2.05, 4.69) is 20.7 Å². The normalized spacial score (nSPS) is 13.9. The molecule has 2 rings (SSSR count). The Bertz CT molecular complexity index is 809. The van der Waals surface area contributed by atoms with Crippen LogP contribution in [-0.4, -0.2) is 32.1 Å². The van der Waals surface area contributed by atoms with E-state index in [-0.39, 0.29) is 11.5 Å². The highest BCUT2D eigenvalue weighted by Crippen LogP contribution is 2.21. The molecule has 8 heteroatoms. The van der Waals surface area contributed by atoms with Crippen molar-refractivity contribution >= 4 is 31.9 Å². The van der Waals surface area contributed by atoms with Crippen molar-refractivity contribution in [2.45, 2.75) is 24.0 Å². The molecule has 6 nitrogen and oxygen atoms in total. The average Bonchev–Trinajstić information content (AvgIpc) is 2.60. The van der Waals surface area contributed by atoms with Gasteiger partial charge >= 0.3 is 5.97 Å². The Kier molecular flexibility index (Phi) is 6.71. The lowest BCUT2D eigenvalue weighted by Crippen LogP contribution is -2.45. The molecule has 0 saturated carbocycles. The highest BCUT2D eigenvalue weighted by Gasteiger charge is 2.33. The van der Waals surface area contributed by atoms with Gasteiger partial charge < -0.3 is 9.84 Å². The summed E-state index contributed by atoms with van der Waals surface area (Å²) in [5, 5.41) is 10.5. The van der Waals surface area contributed by atoms with Gasteiger partial charge in [0.25, 0.3) is 0 Å². The van der Waals surface area contributed by atoms with Gasteiger partial charge in [-0.3, -0.25) is 4.79 Å². The minimum atomic E-state index is -4.02. The van der Waals surface area contributed by atoms with Crippen LogP contribution in [0.4, 0.5) is 0 Å². The lowest BCUT2D eigenvalue weighted by atomic mass is 10.0. The molecule has 0 aliphatic carbocycles. The Morgan fingerprint density at radius 3 is 2.32 bits per heavy atom. The molecule has 0 unspecified atom stereocenters. The summed E-state index contributed by atoms with van der Waals surface area (Å²) in [4.78, 5) is 12.2. The molecule has 0 saturated heterocycles. The van der Waals surface area contributed by atoms with E-state index in [0.717, 1.165) is 4.47 Å². The van der Waals surface area contributed by atoms with E-state index in [1.165, 1.54) is 12.1 Å². The number of hydrogen-bond acceptors (Lipinski definition) is 5. The molecule has 0 amide bonds. The van der Waals surface area contributed by atoms with Gasteiger partial charge in [-0.15, -0.1) is 0 Å². The Hall–Kier alpha value is -1.74. The van der Waals surface area contributed by atoms with E-state index < -0.39 is 28.1 Å². The summed E-state index contributed by atoms with van der Waals surface area (Å²) in [6.07, 6.45) is -1.38. The molecular weight excluding hydrogens is 410 g/mol. The summed E-state index contributed by atoms with van der Waals surface area (Å²) in [7, 11) is -4.02. The molecule has 2 aromatic carbocycles.